The van der Waals surface area contributed by atoms with E-state index in [9.17, 15) is 19.0 Å². The molecule has 0 aliphatic carbocycles. The van der Waals surface area contributed by atoms with Crippen molar-refractivity contribution in [3.8, 4) is 0 Å². The van der Waals surface area contributed by atoms with Gasteiger partial charge in [-0.15, -0.1) is 0 Å². The van der Waals surface area contributed by atoms with Gasteiger partial charge < -0.3 is 27.9 Å². The number of carbonyl (C=O) groups excluding carboxylic acids is 2. The molecule has 0 radical (unpaired) electrons. The number of nitrogens with zero attached hydrogens (tertiary/aromatic N) is 1. The highest BCUT2D eigenvalue weighted by Crippen LogP contribution is 2.38. The van der Waals surface area contributed by atoms with E-state index in [2.05, 4.69) is 62.5 Å². The maximum absolute atomic E-state index is 12.7. The summed E-state index contributed by atoms with van der Waals surface area (Å²) in [5, 5.41) is 0. The Balaban J connectivity index is 4.28. The molecule has 350 valence electrons. The minimum absolute atomic E-state index is 0.0348. The summed E-state index contributed by atoms with van der Waals surface area (Å²) in [6, 6.07) is 0. The molecule has 0 spiro atoms. The molecule has 9 nitrogen and oxygen atoms in total. The van der Waals surface area contributed by atoms with Gasteiger partial charge in [-0.05, 0) is 70.6 Å². The van der Waals surface area contributed by atoms with Crippen molar-refractivity contribution in [1.82, 2.24) is 0 Å². The summed E-state index contributed by atoms with van der Waals surface area (Å²) in [6.07, 6.45) is 50.0. The van der Waals surface area contributed by atoms with E-state index < -0.39 is 32.5 Å². The number of esters is 2. The molecule has 10 heteroatoms. The highest BCUT2D eigenvalue weighted by atomic mass is 31.2. The molecule has 0 fully saturated rings. The molecule has 0 heterocycles. The lowest BCUT2D eigenvalue weighted by Gasteiger charge is -2.28. The standard InChI is InChI=1S/C50H92NO8P/c1-6-8-10-12-14-16-18-20-22-23-24-25-26-27-29-31-33-35-37-39-41-43-50(53)59-48(47-58-60(54,55)57-45-44-51(3,4)5)46-56-49(52)42-40-38-36-34-32-30-28-21-19-17-15-13-11-9-7-2/h9,11,15,17,20-22,28,48H,6-8,10,12-14,16,18-19,23-27,29-47H2,1-5H3/b11-9+,17-15+,22-20+,28-21+/t48-/m1/s1. The molecule has 0 aromatic rings. The molecule has 0 rings (SSSR count). The monoisotopic (exact) mass is 866 g/mol. The zero-order chi connectivity index (χ0) is 44.3. The van der Waals surface area contributed by atoms with Crippen molar-refractivity contribution in [3.63, 3.8) is 0 Å². The van der Waals surface area contributed by atoms with Gasteiger partial charge in [0.25, 0.3) is 7.82 Å². The van der Waals surface area contributed by atoms with Crippen molar-refractivity contribution < 1.29 is 42.1 Å². The Kier molecular flexibility index (Phi) is 40.8. The van der Waals surface area contributed by atoms with Crippen LogP contribution >= 0.6 is 7.82 Å². The number of phosphoric ester groups is 1. The number of allylic oxidation sites excluding steroid dienone is 8. The number of unbranched alkanes of at least 4 members (excludes halogenated alkanes) is 22. The Morgan fingerprint density at radius 2 is 0.950 bits per heavy atom. The molecule has 0 aliphatic rings. The first-order valence-electron chi connectivity index (χ1n) is 24.3. The van der Waals surface area contributed by atoms with Gasteiger partial charge in [0.15, 0.2) is 6.10 Å². The van der Waals surface area contributed by atoms with E-state index in [1.165, 1.54) is 96.3 Å². The predicted octanol–water partition coefficient (Wildman–Crippen LogP) is 13.6. The molecule has 0 aliphatic heterocycles. The Hall–Kier alpha value is -2.03. The average Bonchev–Trinajstić information content (AvgIpc) is 3.20. The van der Waals surface area contributed by atoms with Gasteiger partial charge in [0.2, 0.25) is 0 Å². The Morgan fingerprint density at radius 3 is 1.43 bits per heavy atom. The van der Waals surface area contributed by atoms with E-state index in [1.54, 1.807) is 0 Å². The number of rotatable bonds is 44. The van der Waals surface area contributed by atoms with Crippen LogP contribution in [0.1, 0.15) is 206 Å². The number of likely N-dealkylation sites (N-methyl/N-ethyl adjacent to an activating group) is 1. The summed E-state index contributed by atoms with van der Waals surface area (Å²) >= 11 is 0. The lowest BCUT2D eigenvalue weighted by atomic mass is 10.0. The fourth-order valence-electron chi connectivity index (χ4n) is 6.55. The zero-order valence-electron chi connectivity index (χ0n) is 39.4. The third kappa shape index (κ3) is 45.5. The lowest BCUT2D eigenvalue weighted by molar-refractivity contribution is -0.870. The molecular weight excluding hydrogens is 774 g/mol. The number of hydrogen-bond acceptors (Lipinski definition) is 8. The van der Waals surface area contributed by atoms with Crippen LogP contribution in [0.3, 0.4) is 0 Å². The summed E-state index contributed by atoms with van der Waals surface area (Å²) in [5.41, 5.74) is 0. The Bertz CT molecular complexity index is 1160. The van der Waals surface area contributed by atoms with Crippen LogP contribution in [0.15, 0.2) is 48.6 Å². The number of quaternary nitrogens is 1. The first-order valence-corrected chi connectivity index (χ1v) is 25.8. The van der Waals surface area contributed by atoms with E-state index in [1.807, 2.05) is 21.1 Å². The van der Waals surface area contributed by atoms with Crippen molar-refractivity contribution in [2.45, 2.75) is 213 Å². The van der Waals surface area contributed by atoms with Crippen molar-refractivity contribution >= 4 is 19.8 Å². The summed E-state index contributed by atoms with van der Waals surface area (Å²) in [6.45, 7) is 4.10. The van der Waals surface area contributed by atoms with Crippen LogP contribution in [0.4, 0.5) is 0 Å². The number of hydrogen-bond donors (Lipinski definition) is 0. The molecule has 0 aromatic carbocycles. The minimum Gasteiger partial charge on any atom is -0.756 e. The van der Waals surface area contributed by atoms with Gasteiger partial charge in [-0.25, -0.2) is 0 Å². The first-order chi connectivity index (χ1) is 29.0. The molecule has 60 heavy (non-hydrogen) atoms. The van der Waals surface area contributed by atoms with Crippen LogP contribution in [0.5, 0.6) is 0 Å². The highest BCUT2D eigenvalue weighted by molar-refractivity contribution is 7.45. The van der Waals surface area contributed by atoms with Crippen LogP contribution in [-0.4, -0.2) is 70.0 Å². The van der Waals surface area contributed by atoms with Gasteiger partial charge in [-0.3, -0.25) is 14.2 Å². The smallest absolute Gasteiger partial charge is 0.306 e. The van der Waals surface area contributed by atoms with Crippen LogP contribution < -0.4 is 4.89 Å². The normalized spacial score (nSPS) is 13.9. The molecular formula is C50H92NO8P. The second kappa shape index (κ2) is 42.3. The summed E-state index contributed by atoms with van der Waals surface area (Å²) < 4.78 is 34.0. The van der Waals surface area contributed by atoms with Gasteiger partial charge in [0.05, 0.1) is 27.7 Å². The van der Waals surface area contributed by atoms with Crippen molar-refractivity contribution in [3.05, 3.63) is 48.6 Å². The van der Waals surface area contributed by atoms with Gasteiger partial charge >= 0.3 is 11.9 Å². The third-order valence-corrected chi connectivity index (χ3v) is 11.3. The number of carbonyl (C=O) groups is 2. The first kappa shape index (κ1) is 58.0. The quantitative estimate of drug-likeness (QED) is 0.0196. The molecule has 0 N–H and O–H groups in total. The molecule has 0 aromatic heterocycles. The SMILES string of the molecule is CC/C=C/C/C=C/C/C=C/CCCCCCCC(=O)OC[C@H](COP(=O)([O-])OCC[N+](C)(C)C)OC(=O)CCCCCCCCCCCCC/C=C/CCCCCCCC. The second-order valence-electron chi connectivity index (χ2n) is 17.4. The van der Waals surface area contributed by atoms with Crippen molar-refractivity contribution in [1.29, 1.82) is 0 Å². The molecule has 0 bridgehead atoms. The summed E-state index contributed by atoms with van der Waals surface area (Å²) in [7, 11) is 1.15. The van der Waals surface area contributed by atoms with Crippen LogP contribution in [-0.2, 0) is 32.7 Å². The van der Waals surface area contributed by atoms with Crippen LogP contribution in [0.2, 0.25) is 0 Å². The van der Waals surface area contributed by atoms with Gasteiger partial charge in [-0.1, -0.05) is 172 Å². The van der Waals surface area contributed by atoms with Gasteiger partial charge in [0.1, 0.15) is 19.8 Å². The summed E-state index contributed by atoms with van der Waals surface area (Å²) in [4.78, 5) is 37.6. The zero-order valence-corrected chi connectivity index (χ0v) is 40.3. The molecule has 0 saturated heterocycles. The third-order valence-electron chi connectivity index (χ3n) is 10.3. The van der Waals surface area contributed by atoms with Crippen molar-refractivity contribution in [2.75, 3.05) is 47.5 Å². The van der Waals surface area contributed by atoms with Crippen molar-refractivity contribution in [2.24, 2.45) is 0 Å². The summed E-state index contributed by atoms with van der Waals surface area (Å²) in [5.74, 6) is -0.853. The number of ether oxygens (including phenoxy) is 2. The Morgan fingerprint density at radius 1 is 0.533 bits per heavy atom. The van der Waals surface area contributed by atoms with E-state index in [0.29, 0.717) is 23.9 Å². The largest absolute Gasteiger partial charge is 0.756 e. The Labute approximate surface area is 369 Å². The van der Waals surface area contributed by atoms with Crippen LogP contribution in [0.25, 0.3) is 0 Å². The molecule has 0 amide bonds. The van der Waals surface area contributed by atoms with E-state index in [-0.39, 0.29) is 26.1 Å². The maximum atomic E-state index is 12.7. The second-order valence-corrected chi connectivity index (χ2v) is 18.9. The lowest BCUT2D eigenvalue weighted by Crippen LogP contribution is -2.37. The van der Waals surface area contributed by atoms with Gasteiger partial charge in [-0.2, -0.15) is 0 Å². The highest BCUT2D eigenvalue weighted by Gasteiger charge is 2.21. The minimum atomic E-state index is -4.63. The molecule has 1 unspecified atom stereocenters. The van der Waals surface area contributed by atoms with E-state index in [0.717, 1.165) is 70.6 Å². The van der Waals surface area contributed by atoms with Crippen LogP contribution in [0, 0.1) is 0 Å². The fourth-order valence-corrected chi connectivity index (χ4v) is 7.27. The fraction of sp³-hybridized carbons (Fsp3) is 0.800. The van der Waals surface area contributed by atoms with E-state index >= 15 is 0 Å². The van der Waals surface area contributed by atoms with Gasteiger partial charge in [0, 0.05) is 12.8 Å². The topological polar surface area (TPSA) is 111 Å². The maximum Gasteiger partial charge on any atom is 0.306 e. The molecule has 2 atom stereocenters. The molecule has 0 saturated carbocycles. The predicted molar refractivity (Wildman–Crippen MR) is 250 cm³/mol. The average molecular weight is 866 g/mol. The number of phosphoric acid groups is 1. The van der Waals surface area contributed by atoms with E-state index in [4.69, 9.17) is 18.5 Å².